The number of hydrogen-bond donors (Lipinski definition) is 1. The van der Waals surface area contributed by atoms with Crippen LogP contribution in [0.3, 0.4) is 0 Å². The number of hydrogen-bond acceptors (Lipinski definition) is 3. The van der Waals surface area contributed by atoms with Gasteiger partial charge in [-0.05, 0) is 41.9 Å². The first-order chi connectivity index (χ1) is 6.80. The van der Waals surface area contributed by atoms with Gasteiger partial charge in [-0.15, -0.1) is 0 Å². The zero-order valence-corrected chi connectivity index (χ0v) is 9.62. The number of aliphatic carboxylic acids is 1. The van der Waals surface area contributed by atoms with Gasteiger partial charge in [-0.1, -0.05) is 20.8 Å². The Labute approximate surface area is 90.5 Å². The first-order valence-electron chi connectivity index (χ1n) is 5.68. The zero-order valence-electron chi connectivity index (χ0n) is 9.62. The van der Waals surface area contributed by atoms with Gasteiger partial charge in [-0.2, -0.15) is 0 Å². The van der Waals surface area contributed by atoms with E-state index in [0.29, 0.717) is 5.92 Å². The Hall–Kier alpha value is -0.570. The maximum atomic E-state index is 10.7. The van der Waals surface area contributed by atoms with Gasteiger partial charge < -0.3 is 15.0 Å². The Balaban J connectivity index is 2.29. The molecule has 2 rings (SSSR count). The molecule has 0 heterocycles. The summed E-state index contributed by atoms with van der Waals surface area (Å²) in [5, 5.41) is 20.9. The second kappa shape index (κ2) is 2.97. The molecule has 2 saturated carbocycles. The van der Waals surface area contributed by atoms with Gasteiger partial charge in [0, 0.05) is 5.97 Å². The molecule has 86 valence electrons. The van der Waals surface area contributed by atoms with Crippen molar-refractivity contribution in [2.45, 2.75) is 46.1 Å². The normalized spacial score (nSPS) is 47.1. The standard InChI is InChI=1S/C12H20O3/c1-11(2)8-4-5-12(11,3)10(15)7(8)6-9(13)14/h7-8,10,15H,4-6H2,1-3H3,(H,13,14)/p-1/t7-,8-,10-,12-/m1/s1. The van der Waals surface area contributed by atoms with Crippen molar-refractivity contribution in [3.63, 3.8) is 0 Å². The van der Waals surface area contributed by atoms with Crippen LogP contribution in [0.2, 0.25) is 0 Å². The summed E-state index contributed by atoms with van der Waals surface area (Å²) in [4.78, 5) is 10.7. The van der Waals surface area contributed by atoms with Crippen molar-refractivity contribution >= 4 is 5.97 Å². The summed E-state index contributed by atoms with van der Waals surface area (Å²) in [7, 11) is 0. The van der Waals surface area contributed by atoms with E-state index in [0.717, 1.165) is 12.8 Å². The largest absolute Gasteiger partial charge is 0.550 e. The molecule has 0 spiro atoms. The number of fused-ring (bicyclic) bond motifs is 2. The fourth-order valence-electron chi connectivity index (χ4n) is 3.98. The minimum atomic E-state index is -1.04. The maximum Gasteiger partial charge on any atom is 0.0633 e. The molecule has 0 aliphatic heterocycles. The Morgan fingerprint density at radius 1 is 1.47 bits per heavy atom. The summed E-state index contributed by atoms with van der Waals surface area (Å²) in [6.45, 7) is 6.40. The molecule has 0 aromatic heterocycles. The van der Waals surface area contributed by atoms with Crippen LogP contribution in [-0.2, 0) is 4.79 Å². The molecule has 0 aromatic carbocycles. The highest BCUT2D eigenvalue weighted by atomic mass is 16.4. The van der Waals surface area contributed by atoms with Gasteiger partial charge in [0.15, 0.2) is 0 Å². The SMILES string of the molecule is CC1(C)[C@@H]2CC[C@]1(C)[C@H](O)[C@@H]2CC(=O)[O-]. The van der Waals surface area contributed by atoms with Crippen LogP contribution in [0.5, 0.6) is 0 Å². The Morgan fingerprint density at radius 3 is 2.47 bits per heavy atom. The predicted molar refractivity (Wildman–Crippen MR) is 53.7 cm³/mol. The zero-order chi connectivity index (χ0) is 11.4. The molecule has 0 amide bonds. The summed E-state index contributed by atoms with van der Waals surface area (Å²) in [5.41, 5.74) is -0.0652. The molecule has 0 aromatic rings. The Kier molecular flexibility index (Phi) is 2.16. The average Bonchev–Trinajstić information content (AvgIpc) is 2.40. The van der Waals surface area contributed by atoms with Crippen molar-refractivity contribution in [2.24, 2.45) is 22.7 Å². The predicted octanol–water partition coefficient (Wildman–Crippen LogP) is 0.560. The lowest BCUT2D eigenvalue weighted by Gasteiger charge is -2.37. The molecule has 2 aliphatic carbocycles. The summed E-state index contributed by atoms with van der Waals surface area (Å²) in [5.74, 6) is -0.815. The number of carboxylic acids is 1. The topological polar surface area (TPSA) is 60.4 Å². The van der Waals surface area contributed by atoms with Crippen molar-refractivity contribution in [1.82, 2.24) is 0 Å². The molecular formula is C12H19O3-. The van der Waals surface area contributed by atoms with Crippen LogP contribution < -0.4 is 5.11 Å². The lowest BCUT2D eigenvalue weighted by Crippen LogP contribution is -2.39. The first-order valence-corrected chi connectivity index (χ1v) is 5.68. The fraction of sp³-hybridized carbons (Fsp3) is 0.917. The quantitative estimate of drug-likeness (QED) is 0.726. The molecule has 0 radical (unpaired) electrons. The monoisotopic (exact) mass is 211 g/mol. The number of rotatable bonds is 2. The van der Waals surface area contributed by atoms with Crippen LogP contribution in [0.25, 0.3) is 0 Å². The lowest BCUT2D eigenvalue weighted by atomic mass is 9.70. The molecule has 3 heteroatoms. The highest BCUT2D eigenvalue weighted by Gasteiger charge is 2.65. The number of aliphatic hydroxyl groups excluding tert-OH is 1. The van der Waals surface area contributed by atoms with E-state index < -0.39 is 12.1 Å². The molecule has 15 heavy (non-hydrogen) atoms. The van der Waals surface area contributed by atoms with E-state index in [-0.39, 0.29) is 23.2 Å². The van der Waals surface area contributed by atoms with Crippen molar-refractivity contribution in [2.75, 3.05) is 0 Å². The highest BCUT2D eigenvalue weighted by Crippen LogP contribution is 2.68. The Morgan fingerprint density at radius 2 is 2.07 bits per heavy atom. The van der Waals surface area contributed by atoms with Crippen LogP contribution in [0.1, 0.15) is 40.0 Å². The highest BCUT2D eigenvalue weighted by molar-refractivity contribution is 5.65. The summed E-state index contributed by atoms with van der Waals surface area (Å²) in [6, 6.07) is 0. The van der Waals surface area contributed by atoms with Gasteiger partial charge in [-0.25, -0.2) is 0 Å². The van der Waals surface area contributed by atoms with E-state index in [1.807, 2.05) is 0 Å². The van der Waals surface area contributed by atoms with Gasteiger partial charge in [0.2, 0.25) is 0 Å². The van der Waals surface area contributed by atoms with Gasteiger partial charge in [-0.3, -0.25) is 0 Å². The fourth-order valence-corrected chi connectivity index (χ4v) is 3.98. The van der Waals surface area contributed by atoms with E-state index in [9.17, 15) is 15.0 Å². The number of carboxylic acid groups (broad SMARTS) is 1. The van der Waals surface area contributed by atoms with Gasteiger partial charge in [0.1, 0.15) is 0 Å². The summed E-state index contributed by atoms with van der Waals surface area (Å²) in [6.07, 6.45) is 1.57. The Bertz CT molecular complexity index is 297. The minimum absolute atomic E-state index is 0.00481. The van der Waals surface area contributed by atoms with Crippen LogP contribution in [0, 0.1) is 22.7 Å². The lowest BCUT2D eigenvalue weighted by molar-refractivity contribution is -0.307. The second-order valence-corrected chi connectivity index (χ2v) is 5.97. The molecular weight excluding hydrogens is 192 g/mol. The van der Waals surface area contributed by atoms with Crippen molar-refractivity contribution in [3.05, 3.63) is 0 Å². The number of carbonyl (C=O) groups excluding carboxylic acids is 1. The van der Waals surface area contributed by atoms with Crippen LogP contribution in [0.15, 0.2) is 0 Å². The van der Waals surface area contributed by atoms with Crippen molar-refractivity contribution in [3.8, 4) is 0 Å². The van der Waals surface area contributed by atoms with E-state index in [4.69, 9.17) is 0 Å². The second-order valence-electron chi connectivity index (χ2n) is 5.97. The molecule has 3 nitrogen and oxygen atoms in total. The smallest absolute Gasteiger partial charge is 0.0633 e. The van der Waals surface area contributed by atoms with Gasteiger partial charge in [0.25, 0.3) is 0 Å². The molecule has 2 aliphatic rings. The summed E-state index contributed by atoms with van der Waals surface area (Å²) < 4.78 is 0. The molecule has 0 saturated heterocycles. The van der Waals surface area contributed by atoms with E-state index in [1.54, 1.807) is 0 Å². The van der Waals surface area contributed by atoms with E-state index >= 15 is 0 Å². The van der Waals surface area contributed by atoms with Gasteiger partial charge >= 0.3 is 0 Å². The third kappa shape index (κ3) is 1.19. The molecule has 4 atom stereocenters. The van der Waals surface area contributed by atoms with Crippen LogP contribution >= 0.6 is 0 Å². The number of carbonyl (C=O) groups is 1. The molecule has 1 N–H and O–H groups in total. The number of aliphatic hydroxyl groups is 1. The van der Waals surface area contributed by atoms with Gasteiger partial charge in [0.05, 0.1) is 6.10 Å². The van der Waals surface area contributed by atoms with E-state index in [1.165, 1.54) is 0 Å². The molecule has 0 unspecified atom stereocenters. The average molecular weight is 211 g/mol. The van der Waals surface area contributed by atoms with Crippen molar-refractivity contribution < 1.29 is 15.0 Å². The molecule has 2 bridgehead atoms. The van der Waals surface area contributed by atoms with Crippen LogP contribution in [0.4, 0.5) is 0 Å². The maximum absolute atomic E-state index is 10.7. The van der Waals surface area contributed by atoms with Crippen molar-refractivity contribution in [1.29, 1.82) is 0 Å². The third-order valence-electron chi connectivity index (χ3n) is 5.35. The molecule has 2 fully saturated rings. The third-order valence-corrected chi connectivity index (χ3v) is 5.35. The summed E-state index contributed by atoms with van der Waals surface area (Å²) >= 11 is 0. The van der Waals surface area contributed by atoms with Crippen LogP contribution in [-0.4, -0.2) is 17.2 Å². The minimum Gasteiger partial charge on any atom is -0.550 e. The van der Waals surface area contributed by atoms with E-state index in [2.05, 4.69) is 20.8 Å². The first kappa shape index (κ1) is 10.9.